The summed E-state index contributed by atoms with van der Waals surface area (Å²) < 4.78 is 5.99. The summed E-state index contributed by atoms with van der Waals surface area (Å²) in [6.07, 6.45) is 3.95. The largest absolute Gasteiger partial charge is 0.420 e. The number of aryl methyl sites for hydroxylation is 1. The van der Waals surface area contributed by atoms with E-state index < -0.39 is 0 Å². The number of benzene rings is 1. The lowest BCUT2D eigenvalue weighted by Crippen LogP contribution is -2.32. The SMILES string of the molecule is Cc1ccc(-c2nnc(C3CCN(Cc4ccc5ncccc5c4)CC3)o2)s1. The van der Waals surface area contributed by atoms with Crippen molar-refractivity contribution in [2.24, 2.45) is 0 Å². The van der Waals surface area contributed by atoms with Gasteiger partial charge in [0.05, 0.1) is 10.4 Å². The molecule has 4 heterocycles. The van der Waals surface area contributed by atoms with Crippen molar-refractivity contribution in [2.45, 2.75) is 32.2 Å². The highest BCUT2D eigenvalue weighted by atomic mass is 32.1. The van der Waals surface area contributed by atoms with E-state index in [2.05, 4.69) is 63.4 Å². The van der Waals surface area contributed by atoms with E-state index in [1.54, 1.807) is 11.3 Å². The number of likely N-dealkylation sites (tertiary alicyclic amines) is 1. The van der Waals surface area contributed by atoms with Crippen LogP contribution in [0.25, 0.3) is 21.7 Å². The van der Waals surface area contributed by atoms with Crippen molar-refractivity contribution in [3.63, 3.8) is 0 Å². The molecule has 0 radical (unpaired) electrons. The second-order valence-electron chi connectivity index (χ2n) is 7.44. The Balaban J connectivity index is 1.22. The fourth-order valence-electron chi connectivity index (χ4n) is 3.87. The van der Waals surface area contributed by atoms with E-state index in [-0.39, 0.29) is 0 Å². The highest BCUT2D eigenvalue weighted by molar-refractivity contribution is 7.15. The molecule has 5 rings (SSSR count). The summed E-state index contributed by atoms with van der Waals surface area (Å²) in [6.45, 7) is 5.16. The van der Waals surface area contributed by atoms with Crippen LogP contribution in [-0.4, -0.2) is 33.2 Å². The van der Waals surface area contributed by atoms with E-state index in [1.807, 2.05) is 12.3 Å². The summed E-state index contributed by atoms with van der Waals surface area (Å²) >= 11 is 1.69. The van der Waals surface area contributed by atoms with Gasteiger partial charge in [0, 0.05) is 28.9 Å². The lowest BCUT2D eigenvalue weighted by molar-refractivity contribution is 0.193. The predicted molar refractivity (Wildman–Crippen MR) is 111 cm³/mol. The molecule has 0 saturated carbocycles. The van der Waals surface area contributed by atoms with E-state index in [0.29, 0.717) is 11.8 Å². The van der Waals surface area contributed by atoms with Crippen molar-refractivity contribution < 1.29 is 4.42 Å². The molecule has 0 bridgehead atoms. The first-order valence-electron chi connectivity index (χ1n) is 9.71. The topological polar surface area (TPSA) is 55.1 Å². The molecule has 0 N–H and O–H groups in total. The Morgan fingerprint density at radius 2 is 2.00 bits per heavy atom. The van der Waals surface area contributed by atoms with Crippen LogP contribution < -0.4 is 0 Å². The standard InChI is InChI=1S/C22H22N4OS/c1-15-4-7-20(28-15)22-25-24-21(27-22)17-8-11-26(12-9-17)14-16-5-6-19-18(13-16)3-2-10-23-19/h2-7,10,13,17H,8-9,11-12,14H2,1H3. The number of thiophene rings is 1. The van der Waals surface area contributed by atoms with Gasteiger partial charge in [0.15, 0.2) is 0 Å². The van der Waals surface area contributed by atoms with Gasteiger partial charge < -0.3 is 4.42 Å². The van der Waals surface area contributed by atoms with Crippen molar-refractivity contribution in [3.05, 3.63) is 65.0 Å². The van der Waals surface area contributed by atoms with E-state index in [4.69, 9.17) is 4.42 Å². The maximum atomic E-state index is 5.99. The molecule has 0 amide bonds. The third-order valence-corrected chi connectivity index (χ3v) is 6.39. The van der Waals surface area contributed by atoms with Gasteiger partial charge in [-0.2, -0.15) is 0 Å². The van der Waals surface area contributed by atoms with Gasteiger partial charge in [-0.25, -0.2) is 0 Å². The lowest BCUT2D eigenvalue weighted by atomic mass is 9.96. The second-order valence-corrected chi connectivity index (χ2v) is 8.72. The molecule has 0 spiro atoms. The second kappa shape index (κ2) is 7.45. The average Bonchev–Trinajstić information content (AvgIpc) is 3.38. The van der Waals surface area contributed by atoms with Crippen molar-refractivity contribution in [1.29, 1.82) is 0 Å². The number of rotatable bonds is 4. The van der Waals surface area contributed by atoms with Crippen LogP contribution in [0.2, 0.25) is 0 Å². The third-order valence-electron chi connectivity index (χ3n) is 5.40. The molecular weight excluding hydrogens is 368 g/mol. The van der Waals surface area contributed by atoms with Gasteiger partial charge in [-0.1, -0.05) is 12.1 Å². The van der Waals surface area contributed by atoms with Crippen molar-refractivity contribution >= 4 is 22.2 Å². The van der Waals surface area contributed by atoms with E-state index >= 15 is 0 Å². The first kappa shape index (κ1) is 17.5. The van der Waals surface area contributed by atoms with E-state index in [9.17, 15) is 0 Å². The third kappa shape index (κ3) is 3.57. The number of aromatic nitrogens is 3. The number of fused-ring (bicyclic) bond motifs is 1. The zero-order valence-electron chi connectivity index (χ0n) is 15.8. The Bertz CT molecular complexity index is 1090. The van der Waals surface area contributed by atoms with Gasteiger partial charge in [-0.3, -0.25) is 9.88 Å². The molecule has 0 atom stereocenters. The van der Waals surface area contributed by atoms with Crippen LogP contribution in [0.1, 0.15) is 35.1 Å². The lowest BCUT2D eigenvalue weighted by Gasteiger charge is -2.30. The van der Waals surface area contributed by atoms with Gasteiger partial charge in [0.1, 0.15) is 0 Å². The summed E-state index contributed by atoms with van der Waals surface area (Å²) in [5.41, 5.74) is 2.39. The minimum absolute atomic E-state index is 0.361. The maximum Gasteiger partial charge on any atom is 0.257 e. The number of piperidine rings is 1. The van der Waals surface area contributed by atoms with Gasteiger partial charge in [0.2, 0.25) is 5.89 Å². The minimum atomic E-state index is 0.361. The summed E-state index contributed by atoms with van der Waals surface area (Å²) in [5.74, 6) is 1.80. The summed E-state index contributed by atoms with van der Waals surface area (Å²) in [4.78, 5) is 9.22. The molecule has 1 aromatic carbocycles. The van der Waals surface area contributed by atoms with Crippen molar-refractivity contribution in [1.82, 2.24) is 20.1 Å². The van der Waals surface area contributed by atoms with Crippen LogP contribution in [0.5, 0.6) is 0 Å². The highest BCUT2D eigenvalue weighted by Gasteiger charge is 2.25. The molecule has 1 fully saturated rings. The van der Waals surface area contributed by atoms with Crippen molar-refractivity contribution in [2.75, 3.05) is 13.1 Å². The Hall–Kier alpha value is -2.57. The van der Waals surface area contributed by atoms with Gasteiger partial charge >= 0.3 is 0 Å². The van der Waals surface area contributed by atoms with Crippen LogP contribution in [0, 0.1) is 6.92 Å². The quantitative estimate of drug-likeness (QED) is 0.489. The molecule has 142 valence electrons. The van der Waals surface area contributed by atoms with Crippen LogP contribution >= 0.6 is 11.3 Å². The minimum Gasteiger partial charge on any atom is -0.420 e. The molecule has 0 aliphatic carbocycles. The van der Waals surface area contributed by atoms with Gasteiger partial charge in [-0.05, 0) is 68.8 Å². The smallest absolute Gasteiger partial charge is 0.257 e. The van der Waals surface area contributed by atoms with Crippen LogP contribution in [0.15, 0.2) is 53.1 Å². The first-order valence-corrected chi connectivity index (χ1v) is 10.5. The fraction of sp³-hybridized carbons (Fsp3) is 0.318. The maximum absolute atomic E-state index is 5.99. The van der Waals surface area contributed by atoms with Crippen LogP contribution in [0.3, 0.4) is 0 Å². The van der Waals surface area contributed by atoms with Crippen LogP contribution in [0.4, 0.5) is 0 Å². The number of hydrogen-bond donors (Lipinski definition) is 0. The first-order chi connectivity index (χ1) is 13.7. The zero-order valence-corrected chi connectivity index (χ0v) is 16.7. The normalized spacial score (nSPS) is 16.0. The number of nitrogens with zero attached hydrogens (tertiary/aromatic N) is 4. The summed E-state index contributed by atoms with van der Waals surface area (Å²) in [5, 5.41) is 9.80. The molecule has 3 aromatic heterocycles. The average molecular weight is 391 g/mol. The van der Waals surface area contributed by atoms with Crippen LogP contribution in [-0.2, 0) is 6.54 Å². The Kier molecular flexibility index (Phi) is 4.66. The zero-order chi connectivity index (χ0) is 18.9. The molecular formula is C22H22N4OS. The Labute approximate surface area is 168 Å². The molecule has 6 heteroatoms. The predicted octanol–water partition coefficient (Wildman–Crippen LogP) is 5.03. The number of pyridine rings is 1. The molecule has 4 aromatic rings. The molecule has 1 aliphatic rings. The fourth-order valence-corrected chi connectivity index (χ4v) is 4.66. The molecule has 1 saturated heterocycles. The highest BCUT2D eigenvalue weighted by Crippen LogP contribution is 2.32. The molecule has 5 nitrogen and oxygen atoms in total. The summed E-state index contributed by atoms with van der Waals surface area (Å²) in [7, 11) is 0. The Morgan fingerprint density at radius 3 is 2.82 bits per heavy atom. The van der Waals surface area contributed by atoms with Crippen molar-refractivity contribution in [3.8, 4) is 10.8 Å². The monoisotopic (exact) mass is 390 g/mol. The molecule has 28 heavy (non-hydrogen) atoms. The van der Waals surface area contributed by atoms with E-state index in [0.717, 1.165) is 48.8 Å². The Morgan fingerprint density at radius 1 is 1.11 bits per heavy atom. The molecule has 0 unspecified atom stereocenters. The molecule has 1 aliphatic heterocycles. The van der Waals surface area contributed by atoms with Gasteiger partial charge in [-0.15, -0.1) is 21.5 Å². The summed E-state index contributed by atoms with van der Waals surface area (Å²) in [6, 6.07) is 14.8. The van der Waals surface area contributed by atoms with Gasteiger partial charge in [0.25, 0.3) is 5.89 Å². The number of hydrogen-bond acceptors (Lipinski definition) is 6. The van der Waals surface area contributed by atoms with E-state index in [1.165, 1.54) is 15.8 Å².